The van der Waals surface area contributed by atoms with Crippen molar-refractivity contribution in [2.24, 2.45) is 11.5 Å². The molecule has 6 N–H and O–H groups in total. The van der Waals surface area contributed by atoms with Gasteiger partial charge in [-0.2, -0.15) is 0 Å². The van der Waals surface area contributed by atoms with Crippen molar-refractivity contribution in [3.63, 3.8) is 0 Å². The minimum Gasteiger partial charge on any atom is -0.370 e. The molecule has 0 spiro atoms. The Hall–Kier alpha value is -3.01. The van der Waals surface area contributed by atoms with Gasteiger partial charge in [0.1, 0.15) is 6.29 Å². The van der Waals surface area contributed by atoms with Crippen molar-refractivity contribution >= 4 is 18.2 Å². The van der Waals surface area contributed by atoms with Gasteiger partial charge in [0.05, 0.1) is 6.04 Å². The fourth-order valence-corrected chi connectivity index (χ4v) is 2.25. The van der Waals surface area contributed by atoms with E-state index in [1.807, 2.05) is 0 Å². The summed E-state index contributed by atoms with van der Waals surface area (Å²) >= 11 is 0. The van der Waals surface area contributed by atoms with Crippen molar-refractivity contribution in [1.29, 1.82) is 5.41 Å². The summed E-state index contributed by atoms with van der Waals surface area (Å²) in [7, 11) is 0. The molecule has 0 unspecified atom stereocenters. The van der Waals surface area contributed by atoms with Gasteiger partial charge in [-0.25, -0.2) is 10.1 Å². The van der Waals surface area contributed by atoms with Gasteiger partial charge in [-0.15, -0.1) is 0 Å². The molecule has 1 amide bonds. The van der Waals surface area contributed by atoms with E-state index in [-0.39, 0.29) is 18.8 Å². The highest BCUT2D eigenvalue weighted by molar-refractivity contribution is 5.83. The molecular weight excluding hydrogens is 328 g/mol. The molecule has 0 saturated heterocycles. The Bertz CT molecular complexity index is 609. The predicted molar refractivity (Wildman–Crippen MR) is 91.0 cm³/mol. The van der Waals surface area contributed by atoms with Gasteiger partial charge in [-0.1, -0.05) is 30.3 Å². The number of benzene rings is 1. The average molecular weight is 350 g/mol. The molecule has 10 heteroatoms. The fraction of sp³-hybridized carbons (Fsp3) is 0.400. The van der Waals surface area contributed by atoms with Gasteiger partial charge in [-0.05, 0) is 23.4 Å². The zero-order chi connectivity index (χ0) is 18.8. The molecule has 0 radical (unpaired) electrons. The van der Waals surface area contributed by atoms with Crippen LogP contribution in [0.3, 0.4) is 0 Å². The van der Waals surface area contributed by atoms with Crippen molar-refractivity contribution in [2.75, 3.05) is 6.54 Å². The van der Waals surface area contributed by atoms with Crippen LogP contribution in [0.4, 0.5) is 0 Å². The lowest BCUT2D eigenvalue weighted by Crippen LogP contribution is -2.53. The molecule has 1 aromatic rings. The lowest BCUT2D eigenvalue weighted by Gasteiger charge is -2.21. The van der Waals surface area contributed by atoms with Crippen LogP contribution in [0.5, 0.6) is 0 Å². The maximum Gasteiger partial charge on any atom is 0.300 e. The fourth-order valence-electron chi connectivity index (χ4n) is 2.25. The minimum atomic E-state index is -1.24. The number of rotatable bonds is 10. The molecule has 1 aromatic carbocycles. The van der Waals surface area contributed by atoms with Crippen LogP contribution < -0.4 is 16.8 Å². The van der Waals surface area contributed by atoms with E-state index in [9.17, 15) is 19.7 Å². The second-order valence-electron chi connectivity index (χ2n) is 5.40. The number of guanidine groups is 1. The third-order valence-corrected chi connectivity index (χ3v) is 3.49. The number of hydrogen-bond donors (Lipinski definition) is 4. The highest BCUT2D eigenvalue weighted by atomic mass is 16.7. The van der Waals surface area contributed by atoms with Crippen LogP contribution in [0.1, 0.15) is 18.4 Å². The van der Waals surface area contributed by atoms with Crippen LogP contribution in [-0.2, 0) is 16.0 Å². The largest absolute Gasteiger partial charge is 0.370 e. The highest BCUT2D eigenvalue weighted by Gasteiger charge is 2.36. The molecular formula is C15H22N6O4. The summed E-state index contributed by atoms with van der Waals surface area (Å²) in [4.78, 5) is 34.9. The van der Waals surface area contributed by atoms with E-state index in [0.717, 1.165) is 0 Å². The molecule has 25 heavy (non-hydrogen) atoms. The van der Waals surface area contributed by atoms with Crippen molar-refractivity contribution in [2.45, 2.75) is 31.3 Å². The summed E-state index contributed by atoms with van der Waals surface area (Å²) in [6.07, 6.45) is 0.941. The van der Waals surface area contributed by atoms with Crippen LogP contribution in [0.2, 0.25) is 0 Å². The number of nitrogens with one attached hydrogen (secondary N) is 2. The van der Waals surface area contributed by atoms with E-state index in [2.05, 4.69) is 5.32 Å². The van der Waals surface area contributed by atoms with Crippen LogP contribution >= 0.6 is 0 Å². The standard InChI is InChI=1S/C15H22N6O4/c16-13(7-4-8-19-15(17)18)14(23)20(21(24)25)12(10-22)9-11-5-2-1-3-6-11/h1-3,5-6,10,12-13H,4,7-9,16H2,(H4,17,18,19)/t12-,13-/m0/s1. The predicted octanol–water partition coefficient (Wildman–Crippen LogP) is -0.593. The molecule has 10 nitrogen and oxygen atoms in total. The lowest BCUT2D eigenvalue weighted by atomic mass is 10.1. The lowest BCUT2D eigenvalue weighted by molar-refractivity contribution is -0.639. The first-order valence-electron chi connectivity index (χ1n) is 7.67. The third kappa shape index (κ3) is 6.55. The van der Waals surface area contributed by atoms with E-state index in [4.69, 9.17) is 16.9 Å². The summed E-state index contributed by atoms with van der Waals surface area (Å²) < 4.78 is 0. The zero-order valence-corrected chi connectivity index (χ0v) is 13.6. The number of nitro groups is 1. The topological polar surface area (TPSA) is 168 Å². The van der Waals surface area contributed by atoms with Gasteiger partial charge in [0.2, 0.25) is 0 Å². The Morgan fingerprint density at radius 2 is 2.04 bits per heavy atom. The Morgan fingerprint density at radius 1 is 1.40 bits per heavy atom. The molecule has 0 bridgehead atoms. The van der Waals surface area contributed by atoms with Gasteiger partial charge in [-0.3, -0.25) is 10.2 Å². The first-order chi connectivity index (χ1) is 11.9. The average Bonchev–Trinajstić information content (AvgIpc) is 2.58. The Morgan fingerprint density at radius 3 is 2.56 bits per heavy atom. The minimum absolute atomic E-state index is 0.0235. The van der Waals surface area contributed by atoms with Gasteiger partial charge in [0.15, 0.2) is 17.0 Å². The Labute approximate surface area is 144 Å². The van der Waals surface area contributed by atoms with E-state index in [1.54, 1.807) is 30.3 Å². The van der Waals surface area contributed by atoms with Gasteiger partial charge >= 0.3 is 5.91 Å². The normalized spacial score (nSPS) is 12.7. The van der Waals surface area contributed by atoms with Crippen molar-refractivity contribution in [3.05, 3.63) is 46.0 Å². The number of hydrogen-bond acceptors (Lipinski definition) is 6. The zero-order valence-electron chi connectivity index (χ0n) is 13.6. The summed E-state index contributed by atoms with van der Waals surface area (Å²) in [6, 6.07) is 6.32. The number of nitrogens with zero attached hydrogens (tertiary/aromatic N) is 2. The molecule has 0 heterocycles. The number of nitrogens with two attached hydrogens (primary N) is 2. The maximum atomic E-state index is 12.3. The van der Waals surface area contributed by atoms with E-state index < -0.39 is 23.0 Å². The van der Waals surface area contributed by atoms with Crippen molar-refractivity contribution in [1.82, 2.24) is 10.3 Å². The molecule has 0 aliphatic heterocycles. The molecule has 0 fully saturated rings. The molecule has 0 aromatic heterocycles. The van der Waals surface area contributed by atoms with Crippen molar-refractivity contribution < 1.29 is 14.6 Å². The van der Waals surface area contributed by atoms with Gasteiger partial charge in [0.25, 0.3) is 0 Å². The van der Waals surface area contributed by atoms with Gasteiger partial charge in [0, 0.05) is 13.0 Å². The maximum absolute atomic E-state index is 12.3. The SMILES string of the molecule is N=C(N)NCCC[C@H](N)C(=O)N([C@H](C=O)Cc1ccccc1)[N+](=O)[O-]. The van der Waals surface area contributed by atoms with Crippen LogP contribution in [0, 0.1) is 15.5 Å². The second-order valence-corrected chi connectivity index (χ2v) is 5.40. The van der Waals surface area contributed by atoms with Gasteiger partial charge < -0.3 is 21.6 Å². The number of hydrazine groups is 1. The first-order valence-corrected chi connectivity index (χ1v) is 7.67. The van der Waals surface area contributed by atoms with Crippen LogP contribution in [0.25, 0.3) is 0 Å². The number of carbonyl (C=O) groups is 2. The highest BCUT2D eigenvalue weighted by Crippen LogP contribution is 2.10. The number of carbonyl (C=O) groups excluding carboxylic acids is 2. The van der Waals surface area contributed by atoms with Crippen LogP contribution in [0.15, 0.2) is 30.3 Å². The summed E-state index contributed by atoms with van der Waals surface area (Å²) in [5.74, 6) is -1.14. The summed E-state index contributed by atoms with van der Waals surface area (Å²) in [5.41, 5.74) is 11.6. The molecule has 0 aliphatic rings. The third-order valence-electron chi connectivity index (χ3n) is 3.49. The summed E-state index contributed by atoms with van der Waals surface area (Å²) in [6.45, 7) is 0.315. The smallest absolute Gasteiger partial charge is 0.300 e. The van der Waals surface area contributed by atoms with Crippen LogP contribution in [-0.4, -0.2) is 46.8 Å². The molecule has 1 rings (SSSR count). The number of amides is 1. The van der Waals surface area contributed by atoms with E-state index in [1.165, 1.54) is 0 Å². The quantitative estimate of drug-likeness (QED) is 0.109. The molecule has 0 saturated carbocycles. The second kappa shape index (κ2) is 9.98. The van der Waals surface area contributed by atoms with E-state index in [0.29, 0.717) is 29.8 Å². The Kier molecular flexibility index (Phi) is 8.00. The Balaban J connectivity index is 2.75. The van der Waals surface area contributed by atoms with E-state index >= 15 is 0 Å². The first kappa shape index (κ1) is 20.0. The summed E-state index contributed by atoms with van der Waals surface area (Å²) in [5, 5.41) is 20.2. The number of aldehydes is 1. The van der Waals surface area contributed by atoms with Crippen molar-refractivity contribution in [3.8, 4) is 0 Å². The molecule has 136 valence electrons. The molecule has 2 atom stereocenters. The molecule has 0 aliphatic carbocycles. The monoisotopic (exact) mass is 350 g/mol.